The van der Waals surface area contributed by atoms with Crippen LogP contribution in [0.5, 0.6) is 0 Å². The van der Waals surface area contributed by atoms with Crippen molar-refractivity contribution in [3.8, 4) is 17.1 Å². The minimum atomic E-state index is 0.599. The normalized spacial score (nSPS) is 10.7. The Labute approximate surface area is 104 Å². The average Bonchev–Trinajstić information content (AvgIpc) is 2.97. The highest BCUT2D eigenvalue weighted by Gasteiger charge is 2.10. The average molecular weight is 239 g/mol. The minimum absolute atomic E-state index is 0.599. The SMILES string of the molecule is Cn1ccc(-c2cc(N)n(-c3ccccc3)n2)n1. The standard InChI is InChI=1S/C13H13N5/c1-17-8-7-11(15-17)12-9-13(14)18(16-12)10-5-3-2-4-6-10/h2-9H,14H2,1H3. The van der Waals surface area contributed by atoms with Crippen LogP contribution in [0.1, 0.15) is 0 Å². The van der Waals surface area contributed by atoms with E-state index in [1.54, 1.807) is 9.36 Å². The third-order valence-electron chi connectivity index (χ3n) is 2.71. The van der Waals surface area contributed by atoms with Gasteiger partial charge >= 0.3 is 0 Å². The molecule has 0 fully saturated rings. The summed E-state index contributed by atoms with van der Waals surface area (Å²) in [4.78, 5) is 0. The van der Waals surface area contributed by atoms with Gasteiger partial charge in [0, 0.05) is 19.3 Å². The molecule has 1 aromatic carbocycles. The van der Waals surface area contributed by atoms with E-state index in [0.29, 0.717) is 5.82 Å². The Hall–Kier alpha value is -2.56. The highest BCUT2D eigenvalue weighted by atomic mass is 15.3. The number of para-hydroxylation sites is 1. The van der Waals surface area contributed by atoms with Crippen molar-refractivity contribution in [2.24, 2.45) is 7.05 Å². The summed E-state index contributed by atoms with van der Waals surface area (Å²) in [5, 5.41) is 8.79. The quantitative estimate of drug-likeness (QED) is 0.742. The van der Waals surface area contributed by atoms with E-state index in [4.69, 9.17) is 5.73 Å². The highest BCUT2D eigenvalue weighted by molar-refractivity contribution is 5.59. The molecule has 18 heavy (non-hydrogen) atoms. The van der Waals surface area contributed by atoms with Gasteiger partial charge in [-0.25, -0.2) is 4.68 Å². The van der Waals surface area contributed by atoms with Crippen molar-refractivity contribution in [2.45, 2.75) is 0 Å². The van der Waals surface area contributed by atoms with Gasteiger partial charge in [-0.3, -0.25) is 4.68 Å². The predicted octanol–water partition coefficient (Wildman–Crippen LogP) is 1.85. The monoisotopic (exact) mass is 239 g/mol. The Morgan fingerprint density at radius 2 is 1.78 bits per heavy atom. The number of aryl methyl sites for hydroxylation is 1. The molecular formula is C13H13N5. The van der Waals surface area contributed by atoms with Gasteiger partial charge < -0.3 is 5.73 Å². The molecule has 0 unspecified atom stereocenters. The van der Waals surface area contributed by atoms with Crippen molar-refractivity contribution >= 4 is 5.82 Å². The van der Waals surface area contributed by atoms with Crippen molar-refractivity contribution in [1.29, 1.82) is 0 Å². The fourth-order valence-corrected chi connectivity index (χ4v) is 1.85. The van der Waals surface area contributed by atoms with Crippen LogP contribution < -0.4 is 5.73 Å². The molecule has 0 atom stereocenters. The second-order valence-electron chi connectivity index (χ2n) is 4.08. The van der Waals surface area contributed by atoms with Gasteiger partial charge in [0.15, 0.2) is 0 Å². The molecular weight excluding hydrogens is 226 g/mol. The van der Waals surface area contributed by atoms with Gasteiger partial charge in [-0.1, -0.05) is 18.2 Å². The van der Waals surface area contributed by atoms with Crippen LogP contribution in [0.2, 0.25) is 0 Å². The van der Waals surface area contributed by atoms with Crippen LogP contribution >= 0.6 is 0 Å². The summed E-state index contributed by atoms with van der Waals surface area (Å²) < 4.78 is 3.46. The van der Waals surface area contributed by atoms with Gasteiger partial charge in [-0.15, -0.1) is 0 Å². The maximum atomic E-state index is 5.98. The van der Waals surface area contributed by atoms with E-state index in [9.17, 15) is 0 Å². The topological polar surface area (TPSA) is 61.7 Å². The van der Waals surface area contributed by atoms with Gasteiger partial charge in [-0.05, 0) is 18.2 Å². The van der Waals surface area contributed by atoms with Crippen LogP contribution in [0.15, 0.2) is 48.7 Å². The summed E-state index contributed by atoms with van der Waals surface area (Å²) in [6.07, 6.45) is 1.88. The van der Waals surface area contributed by atoms with Crippen LogP contribution in [0, 0.1) is 0 Å². The Morgan fingerprint density at radius 3 is 2.44 bits per heavy atom. The summed E-state index contributed by atoms with van der Waals surface area (Å²) in [7, 11) is 1.88. The molecule has 0 aliphatic carbocycles. The molecule has 0 saturated heterocycles. The molecule has 2 aromatic heterocycles. The smallest absolute Gasteiger partial charge is 0.127 e. The number of hydrogen-bond acceptors (Lipinski definition) is 3. The molecule has 5 nitrogen and oxygen atoms in total. The molecule has 90 valence electrons. The third-order valence-corrected chi connectivity index (χ3v) is 2.71. The number of rotatable bonds is 2. The van der Waals surface area contributed by atoms with Crippen LogP contribution in [0.4, 0.5) is 5.82 Å². The number of nitrogen functional groups attached to an aromatic ring is 1. The van der Waals surface area contributed by atoms with Crippen molar-refractivity contribution in [2.75, 3.05) is 5.73 Å². The van der Waals surface area contributed by atoms with Gasteiger partial charge in [0.2, 0.25) is 0 Å². The van der Waals surface area contributed by atoms with E-state index >= 15 is 0 Å². The fourth-order valence-electron chi connectivity index (χ4n) is 1.85. The van der Waals surface area contributed by atoms with Crippen LogP contribution in [0.3, 0.4) is 0 Å². The number of nitrogens with two attached hydrogens (primary N) is 1. The molecule has 0 aliphatic heterocycles. The van der Waals surface area contributed by atoms with Crippen LogP contribution in [-0.4, -0.2) is 19.6 Å². The maximum Gasteiger partial charge on any atom is 0.127 e. The molecule has 0 spiro atoms. The zero-order valence-corrected chi connectivity index (χ0v) is 9.99. The Balaban J connectivity index is 2.06. The van der Waals surface area contributed by atoms with Gasteiger partial charge in [0.1, 0.15) is 17.2 Å². The van der Waals surface area contributed by atoms with Crippen LogP contribution in [0.25, 0.3) is 17.1 Å². The molecule has 0 amide bonds. The lowest BCUT2D eigenvalue weighted by molar-refractivity contribution is 0.768. The van der Waals surface area contributed by atoms with Crippen LogP contribution in [-0.2, 0) is 7.05 Å². The predicted molar refractivity (Wildman–Crippen MR) is 70.2 cm³/mol. The van der Waals surface area contributed by atoms with Gasteiger partial charge in [0.25, 0.3) is 0 Å². The summed E-state index contributed by atoms with van der Waals surface area (Å²) in [5.41, 5.74) is 8.52. The lowest BCUT2D eigenvalue weighted by Gasteiger charge is -2.02. The lowest BCUT2D eigenvalue weighted by atomic mass is 10.3. The summed E-state index contributed by atoms with van der Waals surface area (Å²) in [5.74, 6) is 0.599. The van der Waals surface area contributed by atoms with E-state index in [2.05, 4.69) is 10.2 Å². The summed E-state index contributed by atoms with van der Waals surface area (Å²) in [6.45, 7) is 0. The maximum absolute atomic E-state index is 5.98. The molecule has 3 aromatic rings. The van der Waals surface area contributed by atoms with Gasteiger partial charge in [0.05, 0.1) is 5.69 Å². The van der Waals surface area contributed by atoms with E-state index in [1.165, 1.54) is 0 Å². The molecule has 0 radical (unpaired) electrons. The molecule has 0 saturated carbocycles. The lowest BCUT2D eigenvalue weighted by Crippen LogP contribution is -2.01. The molecule has 3 rings (SSSR count). The number of hydrogen-bond donors (Lipinski definition) is 1. The largest absolute Gasteiger partial charge is 0.384 e. The highest BCUT2D eigenvalue weighted by Crippen LogP contribution is 2.21. The first-order valence-electron chi connectivity index (χ1n) is 5.65. The second kappa shape index (κ2) is 4.03. The molecule has 2 N–H and O–H groups in total. The number of aromatic nitrogens is 4. The fraction of sp³-hybridized carbons (Fsp3) is 0.0769. The Kier molecular flexibility index (Phi) is 2.37. The number of benzene rings is 1. The first kappa shape index (κ1) is 10.6. The number of anilines is 1. The minimum Gasteiger partial charge on any atom is -0.384 e. The first-order chi connectivity index (χ1) is 8.74. The Morgan fingerprint density at radius 1 is 1.00 bits per heavy atom. The zero-order chi connectivity index (χ0) is 12.5. The molecule has 0 aliphatic rings. The second-order valence-corrected chi connectivity index (χ2v) is 4.08. The first-order valence-corrected chi connectivity index (χ1v) is 5.65. The van der Waals surface area contributed by atoms with E-state index < -0.39 is 0 Å². The van der Waals surface area contributed by atoms with Crippen molar-refractivity contribution in [3.05, 3.63) is 48.7 Å². The third kappa shape index (κ3) is 1.75. The van der Waals surface area contributed by atoms with Crippen molar-refractivity contribution in [3.63, 3.8) is 0 Å². The van der Waals surface area contributed by atoms with E-state index in [-0.39, 0.29) is 0 Å². The Bertz CT molecular complexity index is 666. The molecule has 0 bridgehead atoms. The summed E-state index contributed by atoms with van der Waals surface area (Å²) >= 11 is 0. The van der Waals surface area contributed by atoms with Gasteiger partial charge in [-0.2, -0.15) is 10.2 Å². The number of nitrogens with zero attached hydrogens (tertiary/aromatic N) is 4. The van der Waals surface area contributed by atoms with Crippen molar-refractivity contribution in [1.82, 2.24) is 19.6 Å². The van der Waals surface area contributed by atoms with E-state index in [0.717, 1.165) is 17.1 Å². The van der Waals surface area contributed by atoms with E-state index in [1.807, 2.05) is 55.7 Å². The molecule has 5 heteroatoms. The van der Waals surface area contributed by atoms with Crippen molar-refractivity contribution < 1.29 is 0 Å². The zero-order valence-electron chi connectivity index (χ0n) is 9.99. The summed E-state index contributed by atoms with van der Waals surface area (Å²) in [6, 6.07) is 13.5. The molecule has 2 heterocycles.